The maximum atomic E-state index is 13.0. The van der Waals surface area contributed by atoms with E-state index in [1.54, 1.807) is 11.8 Å². The number of halogens is 1. The quantitative estimate of drug-likeness (QED) is 0.626. The molecule has 1 aliphatic rings. The van der Waals surface area contributed by atoms with Crippen LogP contribution >= 0.6 is 15.9 Å². The van der Waals surface area contributed by atoms with Gasteiger partial charge < -0.3 is 9.64 Å². The van der Waals surface area contributed by atoms with Gasteiger partial charge in [-0.1, -0.05) is 58.4 Å². The molecule has 1 saturated heterocycles. The summed E-state index contributed by atoms with van der Waals surface area (Å²) < 4.78 is 6.89. The SMILES string of the molecule is CC(=O)C1CCCN([C@@H](C)c2ccc(Br)cc2)C(=O)OC1c1ccccc1. The molecule has 2 aromatic carbocycles. The second kappa shape index (κ2) is 8.70. The van der Waals surface area contributed by atoms with Gasteiger partial charge in [0, 0.05) is 11.0 Å². The monoisotopic (exact) mass is 429 g/mol. The van der Waals surface area contributed by atoms with Crippen LogP contribution in [0.1, 0.15) is 50.0 Å². The van der Waals surface area contributed by atoms with Crippen molar-refractivity contribution in [3.05, 3.63) is 70.2 Å². The van der Waals surface area contributed by atoms with Crippen molar-refractivity contribution in [2.75, 3.05) is 6.54 Å². The highest BCUT2D eigenvalue weighted by molar-refractivity contribution is 9.10. The highest BCUT2D eigenvalue weighted by Crippen LogP contribution is 2.35. The van der Waals surface area contributed by atoms with E-state index in [2.05, 4.69) is 15.9 Å². The van der Waals surface area contributed by atoms with E-state index in [4.69, 9.17) is 4.74 Å². The molecule has 1 amide bonds. The average Bonchev–Trinajstić information content (AvgIpc) is 2.65. The number of carbonyl (C=O) groups excluding carboxylic acids is 2. The fraction of sp³-hybridized carbons (Fsp3) is 0.364. The molecule has 0 N–H and O–H groups in total. The van der Waals surface area contributed by atoms with Crippen LogP contribution in [-0.2, 0) is 9.53 Å². The fourth-order valence-electron chi connectivity index (χ4n) is 3.62. The predicted molar refractivity (Wildman–Crippen MR) is 108 cm³/mol. The first-order valence-corrected chi connectivity index (χ1v) is 10.0. The Hall–Kier alpha value is -2.14. The van der Waals surface area contributed by atoms with E-state index in [-0.39, 0.29) is 23.8 Å². The molecule has 0 saturated carbocycles. The first-order chi connectivity index (χ1) is 13.0. The van der Waals surface area contributed by atoms with Crippen LogP contribution in [0.2, 0.25) is 0 Å². The number of hydrogen-bond donors (Lipinski definition) is 0. The third kappa shape index (κ3) is 4.59. The predicted octanol–water partition coefficient (Wildman–Crippen LogP) is 5.69. The van der Waals surface area contributed by atoms with Gasteiger partial charge in [-0.15, -0.1) is 0 Å². The summed E-state index contributed by atoms with van der Waals surface area (Å²) in [6.45, 7) is 4.16. The molecule has 3 atom stereocenters. The van der Waals surface area contributed by atoms with Gasteiger partial charge in [-0.2, -0.15) is 0 Å². The Balaban J connectivity index is 1.86. The first kappa shape index (κ1) is 19.6. The summed E-state index contributed by atoms with van der Waals surface area (Å²) in [4.78, 5) is 27.0. The molecule has 3 rings (SSSR count). The molecule has 0 aliphatic carbocycles. The smallest absolute Gasteiger partial charge is 0.410 e. The molecule has 142 valence electrons. The van der Waals surface area contributed by atoms with Crippen molar-refractivity contribution in [2.45, 2.75) is 38.8 Å². The lowest BCUT2D eigenvalue weighted by Gasteiger charge is -2.35. The van der Waals surface area contributed by atoms with Crippen LogP contribution in [0.25, 0.3) is 0 Å². The third-order valence-corrected chi connectivity index (χ3v) is 5.74. The number of rotatable bonds is 4. The van der Waals surface area contributed by atoms with Gasteiger partial charge in [0.05, 0.1) is 12.0 Å². The molecule has 4 nitrogen and oxygen atoms in total. The lowest BCUT2D eigenvalue weighted by molar-refractivity contribution is -0.125. The minimum absolute atomic E-state index is 0.0612. The largest absolute Gasteiger partial charge is 0.440 e. The fourth-order valence-corrected chi connectivity index (χ4v) is 3.88. The van der Waals surface area contributed by atoms with Gasteiger partial charge >= 0.3 is 6.09 Å². The molecule has 0 aromatic heterocycles. The number of cyclic esters (lactones) is 1. The number of ketones is 1. The summed E-state index contributed by atoms with van der Waals surface area (Å²) in [5.41, 5.74) is 1.92. The van der Waals surface area contributed by atoms with Crippen LogP contribution in [0.15, 0.2) is 59.1 Å². The second-order valence-electron chi connectivity index (χ2n) is 7.00. The van der Waals surface area contributed by atoms with Gasteiger partial charge in [0.1, 0.15) is 11.9 Å². The molecule has 5 heteroatoms. The molecule has 2 unspecified atom stereocenters. The Kier molecular flexibility index (Phi) is 6.32. The highest BCUT2D eigenvalue weighted by Gasteiger charge is 2.35. The van der Waals surface area contributed by atoms with E-state index < -0.39 is 6.10 Å². The molecule has 2 aromatic rings. The third-order valence-electron chi connectivity index (χ3n) is 5.21. The van der Waals surface area contributed by atoms with E-state index in [1.165, 1.54) is 0 Å². The van der Waals surface area contributed by atoms with E-state index >= 15 is 0 Å². The van der Waals surface area contributed by atoms with Crippen LogP contribution in [0.5, 0.6) is 0 Å². The number of Topliss-reactive ketones (excluding diaryl/α,β-unsaturated/α-hetero) is 1. The molecule has 0 radical (unpaired) electrons. The summed E-state index contributed by atoms with van der Waals surface area (Å²) in [6, 6.07) is 17.4. The Labute approximate surface area is 168 Å². The van der Waals surface area contributed by atoms with Gasteiger partial charge in [0.25, 0.3) is 0 Å². The molecule has 0 bridgehead atoms. The zero-order valence-electron chi connectivity index (χ0n) is 15.6. The summed E-state index contributed by atoms with van der Waals surface area (Å²) in [5, 5.41) is 0. The Bertz CT molecular complexity index is 791. The summed E-state index contributed by atoms with van der Waals surface area (Å²) >= 11 is 3.44. The molecule has 1 heterocycles. The average molecular weight is 430 g/mol. The molecule has 1 fully saturated rings. The summed E-state index contributed by atoms with van der Waals surface area (Å²) in [6.07, 6.45) is 0.552. The Morgan fingerprint density at radius 2 is 1.81 bits per heavy atom. The Morgan fingerprint density at radius 3 is 2.44 bits per heavy atom. The maximum absolute atomic E-state index is 13.0. The Morgan fingerprint density at radius 1 is 1.15 bits per heavy atom. The van der Waals surface area contributed by atoms with Crippen molar-refractivity contribution in [1.82, 2.24) is 4.90 Å². The molecule has 1 aliphatic heterocycles. The number of hydrogen-bond acceptors (Lipinski definition) is 3. The van der Waals surface area contributed by atoms with Crippen LogP contribution in [0, 0.1) is 5.92 Å². The highest BCUT2D eigenvalue weighted by atomic mass is 79.9. The van der Waals surface area contributed by atoms with Crippen molar-refractivity contribution < 1.29 is 14.3 Å². The summed E-state index contributed by atoms with van der Waals surface area (Å²) in [5.74, 6) is -0.243. The number of nitrogens with zero attached hydrogens (tertiary/aromatic N) is 1. The lowest BCUT2D eigenvalue weighted by Crippen LogP contribution is -2.40. The van der Waals surface area contributed by atoms with Crippen molar-refractivity contribution in [3.63, 3.8) is 0 Å². The number of carbonyl (C=O) groups is 2. The minimum atomic E-state index is -0.545. The van der Waals surface area contributed by atoms with E-state index in [9.17, 15) is 9.59 Å². The second-order valence-corrected chi connectivity index (χ2v) is 7.91. The normalized spacial score (nSPS) is 21.7. The van der Waals surface area contributed by atoms with Crippen LogP contribution in [0.4, 0.5) is 4.79 Å². The van der Waals surface area contributed by atoms with Crippen LogP contribution in [0.3, 0.4) is 0 Å². The van der Waals surface area contributed by atoms with Crippen molar-refractivity contribution >= 4 is 27.8 Å². The number of amides is 1. The van der Waals surface area contributed by atoms with Gasteiger partial charge in [-0.05, 0) is 49.9 Å². The van der Waals surface area contributed by atoms with Crippen molar-refractivity contribution in [1.29, 1.82) is 0 Å². The van der Waals surface area contributed by atoms with Crippen molar-refractivity contribution in [3.8, 4) is 0 Å². The molecular formula is C22H24BrNO3. The summed E-state index contributed by atoms with van der Waals surface area (Å²) in [7, 11) is 0. The van der Waals surface area contributed by atoms with Crippen LogP contribution < -0.4 is 0 Å². The van der Waals surface area contributed by atoms with Gasteiger partial charge in [-0.25, -0.2) is 4.79 Å². The first-order valence-electron chi connectivity index (χ1n) is 9.25. The number of ether oxygens (including phenoxy) is 1. The zero-order valence-corrected chi connectivity index (χ0v) is 17.2. The standard InChI is InChI=1S/C22H24BrNO3/c1-15(17-10-12-19(23)13-11-17)24-14-6-9-20(16(2)25)21(27-22(24)26)18-7-4-3-5-8-18/h3-5,7-8,10-13,15,20-21H,6,9,14H2,1-2H3/t15-,20?,21?/m0/s1. The van der Waals surface area contributed by atoms with Gasteiger partial charge in [0.2, 0.25) is 0 Å². The lowest BCUT2D eigenvalue weighted by atomic mass is 9.88. The van der Waals surface area contributed by atoms with E-state index in [0.717, 1.165) is 22.0 Å². The zero-order chi connectivity index (χ0) is 19.4. The van der Waals surface area contributed by atoms with E-state index in [0.29, 0.717) is 13.0 Å². The maximum Gasteiger partial charge on any atom is 0.410 e. The topological polar surface area (TPSA) is 46.6 Å². The molecular weight excluding hydrogens is 406 g/mol. The van der Waals surface area contributed by atoms with Gasteiger partial charge in [-0.3, -0.25) is 4.79 Å². The molecule has 0 spiro atoms. The van der Waals surface area contributed by atoms with E-state index in [1.807, 2.05) is 61.5 Å². The number of benzene rings is 2. The van der Waals surface area contributed by atoms with Crippen molar-refractivity contribution in [2.24, 2.45) is 5.92 Å². The van der Waals surface area contributed by atoms with Crippen LogP contribution in [-0.4, -0.2) is 23.3 Å². The molecule has 27 heavy (non-hydrogen) atoms. The minimum Gasteiger partial charge on any atom is -0.440 e. The van der Waals surface area contributed by atoms with Gasteiger partial charge in [0.15, 0.2) is 0 Å².